The summed E-state index contributed by atoms with van der Waals surface area (Å²) in [7, 11) is 0. The smallest absolute Gasteiger partial charge is 0.318 e. The van der Waals surface area contributed by atoms with E-state index in [4.69, 9.17) is 32.9 Å². The Balaban J connectivity index is 0.778. The van der Waals surface area contributed by atoms with Crippen molar-refractivity contribution in [3.63, 3.8) is 0 Å². The van der Waals surface area contributed by atoms with Crippen molar-refractivity contribution in [3.8, 4) is 6.01 Å². The monoisotopic (exact) mass is 958 g/mol. The zero-order valence-electron chi connectivity index (χ0n) is 39.1. The number of hydrogen-bond acceptors (Lipinski definition) is 11. The molecule has 1 aromatic heterocycles. The lowest BCUT2D eigenvalue weighted by Gasteiger charge is -2.41. The van der Waals surface area contributed by atoms with Gasteiger partial charge in [-0.1, -0.05) is 74.2 Å². The van der Waals surface area contributed by atoms with Gasteiger partial charge in [-0.15, -0.1) is 0 Å². The molecule has 5 aliphatic rings. The van der Waals surface area contributed by atoms with Crippen molar-refractivity contribution < 1.29 is 28.3 Å². The first-order valence-electron chi connectivity index (χ1n) is 24.5. The number of hydrogen-bond donors (Lipinski definition) is 2. The van der Waals surface area contributed by atoms with Crippen LogP contribution in [0, 0.1) is 6.57 Å². The van der Waals surface area contributed by atoms with Crippen molar-refractivity contribution in [2.45, 2.75) is 102 Å². The molecule has 3 fully saturated rings. The molecule has 4 amide bonds. The second-order valence-corrected chi connectivity index (χ2v) is 19.2. The lowest BCUT2D eigenvalue weighted by atomic mass is 10.0. The third-order valence-corrected chi connectivity index (χ3v) is 14.8. The molecule has 0 aliphatic carbocycles. The van der Waals surface area contributed by atoms with Crippen LogP contribution in [-0.2, 0) is 33.9 Å². The summed E-state index contributed by atoms with van der Waals surface area (Å²) in [6, 6.07) is 17.2. The van der Waals surface area contributed by atoms with Crippen molar-refractivity contribution in [3.05, 3.63) is 106 Å². The summed E-state index contributed by atoms with van der Waals surface area (Å²) in [5.41, 5.74) is 5.36. The van der Waals surface area contributed by atoms with Crippen molar-refractivity contribution in [1.29, 1.82) is 0 Å². The molecule has 15 nitrogen and oxygen atoms in total. The van der Waals surface area contributed by atoms with Crippen LogP contribution in [0.25, 0.3) is 15.6 Å². The molecule has 69 heavy (non-hydrogen) atoms. The van der Waals surface area contributed by atoms with E-state index in [-0.39, 0.29) is 37.4 Å². The van der Waals surface area contributed by atoms with Gasteiger partial charge >= 0.3 is 6.01 Å². The molecule has 4 aromatic rings. The molecule has 362 valence electrons. The van der Waals surface area contributed by atoms with E-state index in [9.17, 15) is 23.6 Å². The van der Waals surface area contributed by atoms with Gasteiger partial charge in [0.15, 0.2) is 5.83 Å². The minimum absolute atomic E-state index is 0.0367. The minimum atomic E-state index is -1.03. The van der Waals surface area contributed by atoms with E-state index in [0.29, 0.717) is 68.8 Å². The highest BCUT2D eigenvalue weighted by Gasteiger charge is 2.40. The Morgan fingerprint density at radius 3 is 2.51 bits per heavy atom. The Kier molecular flexibility index (Phi) is 14.9. The molecule has 3 aromatic carbocycles. The molecule has 0 bridgehead atoms. The fourth-order valence-electron chi connectivity index (χ4n) is 10.9. The first kappa shape index (κ1) is 47.7. The summed E-state index contributed by atoms with van der Waals surface area (Å²) in [5.74, 6) is -1.92. The van der Waals surface area contributed by atoms with Gasteiger partial charge in [-0.05, 0) is 81.3 Å². The van der Waals surface area contributed by atoms with E-state index in [1.165, 1.54) is 4.90 Å². The van der Waals surface area contributed by atoms with Crippen molar-refractivity contribution in [2.24, 2.45) is 0 Å². The Hall–Kier alpha value is -6.31. The number of carbonyl (C=O) groups is 4. The van der Waals surface area contributed by atoms with Crippen LogP contribution in [0.2, 0.25) is 5.02 Å². The number of benzene rings is 3. The molecule has 0 spiro atoms. The lowest BCUT2D eigenvalue weighted by Crippen LogP contribution is -2.57. The maximum Gasteiger partial charge on any atom is 0.318 e. The number of nitrogens with zero attached hydrogens (tertiary/aromatic N) is 8. The van der Waals surface area contributed by atoms with Gasteiger partial charge in [-0.3, -0.25) is 29.4 Å². The summed E-state index contributed by atoms with van der Waals surface area (Å²) in [4.78, 5) is 73.8. The summed E-state index contributed by atoms with van der Waals surface area (Å²) in [6.07, 6.45) is 10.0. The normalized spacial score (nSPS) is 20.5. The van der Waals surface area contributed by atoms with Crippen LogP contribution in [0.1, 0.15) is 91.4 Å². The molecule has 3 atom stereocenters. The number of unbranched alkanes of at least 4 members (excludes halogenated alkanes) is 5. The zero-order chi connectivity index (χ0) is 48.0. The molecule has 9 rings (SSSR count). The Labute approximate surface area is 407 Å². The van der Waals surface area contributed by atoms with Crippen molar-refractivity contribution in [2.75, 3.05) is 74.1 Å². The molecule has 1 unspecified atom stereocenters. The van der Waals surface area contributed by atoms with Crippen LogP contribution in [-0.4, -0.2) is 125 Å². The number of aromatic nitrogens is 2. The van der Waals surface area contributed by atoms with Crippen molar-refractivity contribution >= 4 is 63.2 Å². The predicted octanol–water partition coefficient (Wildman–Crippen LogP) is 7.32. The first-order chi connectivity index (χ1) is 33.6. The number of ether oxygens (including phenoxy) is 1. The van der Waals surface area contributed by atoms with E-state index in [1.807, 2.05) is 36.4 Å². The zero-order valence-corrected chi connectivity index (χ0v) is 39.8. The number of rotatable bonds is 18. The quantitative estimate of drug-likeness (QED) is 0.0448. The Morgan fingerprint density at radius 1 is 0.899 bits per heavy atom. The minimum Gasteiger partial charge on any atom is -0.462 e. The van der Waals surface area contributed by atoms with E-state index < -0.39 is 29.7 Å². The van der Waals surface area contributed by atoms with Crippen LogP contribution in [0.15, 0.2) is 67.0 Å². The fourth-order valence-corrected chi connectivity index (χ4v) is 11.1. The number of piperidine rings is 1. The second-order valence-electron chi connectivity index (χ2n) is 18.8. The van der Waals surface area contributed by atoms with Crippen LogP contribution in [0.3, 0.4) is 0 Å². The molecule has 5 aliphatic heterocycles. The van der Waals surface area contributed by atoms with Gasteiger partial charge in [-0.25, -0.2) is 11.0 Å². The SMILES string of the molecule is [C-]#[N+]C[C@H]1CN(c2nc(OC[C@@H]3CCCN3CCCCCCCCNc3cccc4c3CN(C3CCC(=O)NC3=O)C4=O)nc3c2CCN(c2cccc4cccc(Cl)c24)C3)CCN1C(=O)C(=C)F. The second kappa shape index (κ2) is 21.5. The summed E-state index contributed by atoms with van der Waals surface area (Å²) in [5, 5.41) is 8.66. The average Bonchev–Trinajstić information content (AvgIpc) is 3.95. The number of anilines is 3. The van der Waals surface area contributed by atoms with Crippen LogP contribution in [0.4, 0.5) is 21.6 Å². The van der Waals surface area contributed by atoms with E-state index >= 15 is 0 Å². The number of halogens is 2. The molecular formula is C52H60ClFN10O5. The molecule has 17 heteroatoms. The number of carbonyl (C=O) groups excluding carboxylic acids is 4. The Bertz CT molecular complexity index is 2650. The number of piperazine rings is 1. The van der Waals surface area contributed by atoms with Gasteiger partial charge in [-0.2, -0.15) is 9.97 Å². The molecule has 2 N–H and O–H groups in total. The number of amides is 4. The van der Waals surface area contributed by atoms with Gasteiger partial charge in [0, 0.05) is 85.2 Å². The molecule has 6 heterocycles. The highest BCUT2D eigenvalue weighted by atomic mass is 35.5. The van der Waals surface area contributed by atoms with Gasteiger partial charge in [0.2, 0.25) is 18.4 Å². The van der Waals surface area contributed by atoms with Crippen molar-refractivity contribution in [1.82, 2.24) is 30.0 Å². The third kappa shape index (κ3) is 10.5. The van der Waals surface area contributed by atoms with Crippen LogP contribution < -0.4 is 25.2 Å². The number of nitrogens with one attached hydrogen (secondary N) is 2. The maximum atomic E-state index is 14.1. The van der Waals surface area contributed by atoms with E-state index in [0.717, 1.165) is 116 Å². The van der Waals surface area contributed by atoms with Gasteiger partial charge in [0.25, 0.3) is 11.8 Å². The topological polar surface area (TPSA) is 148 Å². The third-order valence-electron chi connectivity index (χ3n) is 14.4. The highest BCUT2D eigenvalue weighted by molar-refractivity contribution is 6.36. The molecule has 3 saturated heterocycles. The molecule has 0 saturated carbocycles. The van der Waals surface area contributed by atoms with Gasteiger partial charge < -0.3 is 34.5 Å². The van der Waals surface area contributed by atoms with Gasteiger partial charge in [0.05, 0.1) is 17.3 Å². The summed E-state index contributed by atoms with van der Waals surface area (Å²) in [6.45, 7) is 16.7. The maximum absolute atomic E-state index is 14.1. The number of imide groups is 1. The highest BCUT2D eigenvalue weighted by Crippen LogP contribution is 2.38. The first-order valence-corrected chi connectivity index (χ1v) is 24.9. The standard InChI is InChI=1S/C52H60ClFN10O5/c1-34(54)50(67)63-28-27-62(30-37(63)29-55-2)48-39-22-26-61(44-19-10-14-35-13-9-17-41(53)47(35)44)32-43(39)57-52(59-48)69-33-36-15-12-25-60(36)24-8-6-4-3-5-7-23-56-42-18-11-16-38-40(42)31-64(51(38)68)45-20-21-46(65)58-49(45)66/h9-11,13-14,16-19,36-37,45,56H,1,3-8,12,15,20-33H2,(H,58,65,66)/t36-,37-,45?/m0/s1. The van der Waals surface area contributed by atoms with Crippen LogP contribution >= 0.6 is 11.6 Å². The lowest BCUT2D eigenvalue weighted by molar-refractivity contribution is -0.137. The average molecular weight is 960 g/mol. The van der Waals surface area contributed by atoms with Crippen LogP contribution in [0.5, 0.6) is 6.01 Å². The summed E-state index contributed by atoms with van der Waals surface area (Å²) < 4.78 is 20.6. The van der Waals surface area contributed by atoms with Gasteiger partial charge in [0.1, 0.15) is 24.5 Å². The van der Waals surface area contributed by atoms with E-state index in [1.54, 1.807) is 4.90 Å². The fraction of sp³-hybridized carbons (Fsp3) is 0.481. The Morgan fingerprint density at radius 2 is 1.70 bits per heavy atom. The predicted molar refractivity (Wildman–Crippen MR) is 264 cm³/mol. The molecular weight excluding hydrogens is 899 g/mol. The van der Waals surface area contributed by atoms with E-state index in [2.05, 4.69) is 55.0 Å². The number of fused-ring (bicyclic) bond motifs is 3. The molecule has 0 radical (unpaired) electrons. The largest absolute Gasteiger partial charge is 0.462 e. The number of likely N-dealkylation sites (tertiary alicyclic amines) is 1. The summed E-state index contributed by atoms with van der Waals surface area (Å²) >= 11 is 6.79.